The minimum absolute atomic E-state index is 0.0212. The molecule has 0 radical (unpaired) electrons. The molecule has 3 aromatic carbocycles. The maximum atomic E-state index is 13.0. The van der Waals surface area contributed by atoms with Gasteiger partial charge in [0.25, 0.3) is 11.8 Å². The minimum Gasteiger partial charge on any atom is -0.480 e. The van der Waals surface area contributed by atoms with Gasteiger partial charge >= 0.3 is 5.97 Å². The smallest absolute Gasteiger partial charge is 0.326 e. The van der Waals surface area contributed by atoms with Crippen LogP contribution < -0.4 is 10.6 Å². The zero-order chi connectivity index (χ0) is 27.4. The average Bonchev–Trinajstić information content (AvgIpc) is 3.28. The van der Waals surface area contributed by atoms with Gasteiger partial charge in [-0.15, -0.1) is 0 Å². The summed E-state index contributed by atoms with van der Waals surface area (Å²) in [7, 11) is 0. The molecule has 38 heavy (non-hydrogen) atoms. The van der Waals surface area contributed by atoms with Crippen molar-refractivity contribution in [2.75, 3.05) is 5.32 Å². The maximum absolute atomic E-state index is 13.0. The van der Waals surface area contributed by atoms with Gasteiger partial charge in [-0.3, -0.25) is 9.59 Å². The third-order valence-electron chi connectivity index (χ3n) is 6.17. The molecule has 1 aliphatic rings. The Bertz CT molecular complexity index is 1390. The molecule has 10 heteroatoms. The Labute approximate surface area is 229 Å². The van der Waals surface area contributed by atoms with Gasteiger partial charge in [-0.2, -0.15) is 0 Å². The lowest BCUT2D eigenvalue weighted by Crippen LogP contribution is -2.51. The molecule has 1 heterocycles. The number of carboxylic acids is 1. The fourth-order valence-electron chi connectivity index (χ4n) is 3.94. The SMILES string of the molecule is Cc1ccc(C2=NO[C@](C)(C(=O)NC(Cc3ccc(NC(=O)c4c(Cl)cccc4Cl)cc3)C(=O)O)C2)cc1. The predicted molar refractivity (Wildman–Crippen MR) is 146 cm³/mol. The Balaban J connectivity index is 1.38. The van der Waals surface area contributed by atoms with Crippen molar-refractivity contribution in [3.63, 3.8) is 0 Å². The number of anilines is 1. The van der Waals surface area contributed by atoms with Crippen molar-refractivity contribution in [2.24, 2.45) is 5.16 Å². The molecule has 4 rings (SSSR count). The number of carbonyl (C=O) groups excluding carboxylic acids is 2. The van der Waals surface area contributed by atoms with Crippen LogP contribution in [0.2, 0.25) is 10.0 Å². The number of nitrogens with one attached hydrogen (secondary N) is 2. The number of benzene rings is 3. The minimum atomic E-state index is -1.33. The van der Waals surface area contributed by atoms with Crippen LogP contribution in [0.25, 0.3) is 0 Å². The fraction of sp³-hybridized carbons (Fsp3) is 0.214. The van der Waals surface area contributed by atoms with Gasteiger partial charge < -0.3 is 20.6 Å². The normalized spacial score (nSPS) is 17.2. The van der Waals surface area contributed by atoms with Gasteiger partial charge in [-0.1, -0.05) is 76.4 Å². The second-order valence-corrected chi connectivity index (χ2v) is 10.0. The van der Waals surface area contributed by atoms with Crippen LogP contribution in [0.4, 0.5) is 5.69 Å². The molecule has 0 aromatic heterocycles. The van der Waals surface area contributed by atoms with E-state index in [1.807, 2.05) is 31.2 Å². The predicted octanol–water partition coefficient (Wildman–Crippen LogP) is 5.25. The number of carboxylic acid groups (broad SMARTS) is 1. The summed E-state index contributed by atoms with van der Waals surface area (Å²) in [6.45, 7) is 3.55. The molecule has 2 amide bonds. The zero-order valence-corrected chi connectivity index (χ0v) is 22.1. The van der Waals surface area contributed by atoms with Gasteiger partial charge in [0.1, 0.15) is 6.04 Å². The van der Waals surface area contributed by atoms with E-state index >= 15 is 0 Å². The molecular formula is C28H25Cl2N3O5. The van der Waals surface area contributed by atoms with Gasteiger partial charge in [0, 0.05) is 18.5 Å². The summed E-state index contributed by atoms with van der Waals surface area (Å²) in [5, 5.41) is 19.6. The first-order valence-electron chi connectivity index (χ1n) is 11.8. The second-order valence-electron chi connectivity index (χ2n) is 9.22. The first kappa shape index (κ1) is 27.2. The highest BCUT2D eigenvalue weighted by atomic mass is 35.5. The van der Waals surface area contributed by atoms with Crippen LogP contribution in [0, 0.1) is 6.92 Å². The van der Waals surface area contributed by atoms with Crippen LogP contribution in [0.5, 0.6) is 0 Å². The van der Waals surface area contributed by atoms with Crippen LogP contribution in [0.1, 0.15) is 40.4 Å². The molecule has 8 nitrogen and oxygen atoms in total. The Morgan fingerprint density at radius 2 is 1.66 bits per heavy atom. The van der Waals surface area contributed by atoms with Crippen molar-refractivity contribution >= 4 is 52.4 Å². The molecule has 196 valence electrons. The van der Waals surface area contributed by atoms with E-state index < -0.39 is 29.4 Å². The van der Waals surface area contributed by atoms with E-state index in [4.69, 9.17) is 28.0 Å². The van der Waals surface area contributed by atoms with Crippen LogP contribution in [-0.4, -0.2) is 40.2 Å². The third-order valence-corrected chi connectivity index (χ3v) is 6.80. The first-order valence-corrected chi connectivity index (χ1v) is 12.5. The van der Waals surface area contributed by atoms with E-state index in [-0.39, 0.29) is 28.5 Å². The van der Waals surface area contributed by atoms with E-state index in [1.165, 1.54) is 0 Å². The highest BCUT2D eigenvalue weighted by molar-refractivity contribution is 6.40. The quantitative estimate of drug-likeness (QED) is 0.352. The van der Waals surface area contributed by atoms with E-state index in [0.29, 0.717) is 17.0 Å². The van der Waals surface area contributed by atoms with Crippen molar-refractivity contribution in [1.29, 1.82) is 0 Å². The molecule has 1 unspecified atom stereocenters. The van der Waals surface area contributed by atoms with E-state index in [9.17, 15) is 19.5 Å². The number of aryl methyl sites for hydroxylation is 1. The van der Waals surface area contributed by atoms with E-state index in [2.05, 4.69) is 15.8 Å². The highest BCUT2D eigenvalue weighted by Gasteiger charge is 2.43. The maximum Gasteiger partial charge on any atom is 0.326 e. The van der Waals surface area contributed by atoms with Gasteiger partial charge in [-0.25, -0.2) is 4.79 Å². The molecular weight excluding hydrogens is 529 g/mol. The largest absolute Gasteiger partial charge is 0.480 e. The van der Waals surface area contributed by atoms with Gasteiger partial charge in [0.05, 0.1) is 21.3 Å². The number of hydrogen-bond acceptors (Lipinski definition) is 5. The monoisotopic (exact) mass is 553 g/mol. The molecule has 3 N–H and O–H groups in total. The van der Waals surface area contributed by atoms with Crippen molar-refractivity contribution in [3.8, 4) is 0 Å². The number of amides is 2. The fourth-order valence-corrected chi connectivity index (χ4v) is 4.51. The average molecular weight is 554 g/mol. The number of carbonyl (C=O) groups is 3. The van der Waals surface area contributed by atoms with E-state index in [1.54, 1.807) is 49.4 Å². The lowest BCUT2D eigenvalue weighted by Gasteiger charge is -2.23. The summed E-state index contributed by atoms with van der Waals surface area (Å²) in [6, 6.07) is 17.8. The van der Waals surface area contributed by atoms with Gasteiger partial charge in [-0.05, 0) is 49.2 Å². The number of rotatable bonds is 8. The van der Waals surface area contributed by atoms with Gasteiger partial charge in [0.2, 0.25) is 5.60 Å². The van der Waals surface area contributed by atoms with Crippen LogP contribution in [-0.2, 0) is 20.8 Å². The molecule has 0 aliphatic carbocycles. The topological polar surface area (TPSA) is 117 Å². The van der Waals surface area contributed by atoms with Crippen molar-refractivity contribution in [3.05, 3.63) is 99.0 Å². The summed E-state index contributed by atoms with van der Waals surface area (Å²) < 4.78 is 0. The second kappa shape index (κ2) is 11.2. The van der Waals surface area contributed by atoms with Crippen molar-refractivity contribution in [1.82, 2.24) is 5.32 Å². The summed E-state index contributed by atoms with van der Waals surface area (Å²) in [5.74, 6) is -2.23. The molecule has 0 saturated carbocycles. The Kier molecular flexibility index (Phi) is 8.04. The Hall–Kier alpha value is -3.88. The van der Waals surface area contributed by atoms with E-state index in [0.717, 1.165) is 11.1 Å². The molecule has 0 fully saturated rings. The number of aliphatic carboxylic acids is 1. The first-order chi connectivity index (χ1) is 18.1. The molecule has 1 aliphatic heterocycles. The summed E-state index contributed by atoms with van der Waals surface area (Å²) in [6.07, 6.45) is 0.228. The van der Waals surface area contributed by atoms with Crippen LogP contribution >= 0.6 is 23.2 Å². The molecule has 3 aromatic rings. The molecule has 0 bridgehead atoms. The van der Waals surface area contributed by atoms with Crippen molar-refractivity contribution < 1.29 is 24.3 Å². The number of oxime groups is 1. The summed E-state index contributed by atoms with van der Waals surface area (Å²) in [5.41, 5.74) is 2.49. The zero-order valence-electron chi connectivity index (χ0n) is 20.6. The summed E-state index contributed by atoms with van der Waals surface area (Å²) in [4.78, 5) is 43.0. The third kappa shape index (κ3) is 6.15. The lowest BCUT2D eigenvalue weighted by atomic mass is 9.94. The summed E-state index contributed by atoms with van der Waals surface area (Å²) >= 11 is 12.2. The van der Waals surface area contributed by atoms with Crippen LogP contribution in [0.3, 0.4) is 0 Å². The lowest BCUT2D eigenvalue weighted by molar-refractivity contribution is -0.148. The molecule has 0 spiro atoms. The van der Waals surface area contributed by atoms with Gasteiger partial charge in [0.15, 0.2) is 0 Å². The molecule has 2 atom stereocenters. The Morgan fingerprint density at radius 3 is 2.26 bits per heavy atom. The number of nitrogens with zero attached hydrogens (tertiary/aromatic N) is 1. The molecule has 0 saturated heterocycles. The Morgan fingerprint density at radius 1 is 1.03 bits per heavy atom. The van der Waals surface area contributed by atoms with Crippen molar-refractivity contribution in [2.45, 2.75) is 38.3 Å². The van der Waals surface area contributed by atoms with Crippen LogP contribution in [0.15, 0.2) is 71.9 Å². The highest BCUT2D eigenvalue weighted by Crippen LogP contribution is 2.28. The number of hydrogen-bond donors (Lipinski definition) is 3. The standard InChI is InChI=1S/C28H25Cl2N3O5/c1-16-6-10-18(11-7-16)23-15-28(2,38-33-23)27(37)32-22(26(35)36)14-17-8-12-19(13-9-17)31-25(34)24-20(29)4-3-5-21(24)30/h3-13,22H,14-15H2,1-2H3,(H,31,34)(H,32,37)(H,35,36)/t22?,28-/m0/s1. The number of halogens is 2.